The summed E-state index contributed by atoms with van der Waals surface area (Å²) in [4.78, 5) is 15.8. The van der Waals surface area contributed by atoms with Gasteiger partial charge in [-0.3, -0.25) is 9.78 Å². The third kappa shape index (κ3) is 5.56. The number of amides is 1. The van der Waals surface area contributed by atoms with E-state index in [1.807, 2.05) is 48.7 Å². The Morgan fingerprint density at radius 2 is 1.57 bits per heavy atom. The van der Waals surface area contributed by atoms with Crippen molar-refractivity contribution in [2.45, 2.75) is 44.9 Å². The molecule has 1 aromatic heterocycles. The Labute approximate surface area is 167 Å². The molecule has 0 aliphatic rings. The molecule has 0 fully saturated rings. The number of para-hydroxylation sites is 1. The van der Waals surface area contributed by atoms with E-state index in [1.54, 1.807) is 0 Å². The number of nitrogens with two attached hydrogens (primary N) is 1. The van der Waals surface area contributed by atoms with E-state index in [-0.39, 0.29) is 5.91 Å². The zero-order chi connectivity index (χ0) is 19.6. The van der Waals surface area contributed by atoms with Crippen molar-refractivity contribution in [3.05, 3.63) is 71.9 Å². The average Bonchev–Trinajstić information content (AvgIpc) is 2.73. The fourth-order valence-electron chi connectivity index (χ4n) is 3.60. The van der Waals surface area contributed by atoms with Crippen LogP contribution in [0.4, 0.5) is 5.69 Å². The molecule has 2 aromatic carbocycles. The summed E-state index contributed by atoms with van der Waals surface area (Å²) in [7, 11) is 0. The molecular weight excluding hydrogens is 346 g/mol. The van der Waals surface area contributed by atoms with Gasteiger partial charge < -0.3 is 11.1 Å². The Morgan fingerprint density at radius 1 is 0.857 bits per heavy atom. The van der Waals surface area contributed by atoms with E-state index in [0.717, 1.165) is 30.5 Å². The number of hydrogen-bond donors (Lipinski definition) is 2. The number of anilines is 1. The highest BCUT2D eigenvalue weighted by Crippen LogP contribution is 2.21. The van der Waals surface area contributed by atoms with Crippen molar-refractivity contribution in [3.63, 3.8) is 0 Å². The number of primary amides is 1. The van der Waals surface area contributed by atoms with Crippen LogP contribution in [-0.2, 0) is 6.42 Å². The highest BCUT2D eigenvalue weighted by atomic mass is 16.1. The first-order valence-corrected chi connectivity index (χ1v) is 10.2. The third-order valence-electron chi connectivity index (χ3n) is 5.12. The van der Waals surface area contributed by atoms with Gasteiger partial charge in [-0.2, -0.15) is 0 Å². The van der Waals surface area contributed by atoms with Crippen LogP contribution in [0.2, 0.25) is 0 Å². The molecular formula is C24H29N3O. The summed E-state index contributed by atoms with van der Waals surface area (Å²) in [5.74, 6) is -0.329. The number of carbonyl (C=O) groups excluding carboxylic acids is 1. The van der Waals surface area contributed by atoms with Gasteiger partial charge in [0.2, 0.25) is 5.91 Å². The zero-order valence-corrected chi connectivity index (χ0v) is 16.4. The number of nitrogens with zero attached hydrogens (tertiary/aromatic N) is 1. The number of aromatic nitrogens is 1. The van der Waals surface area contributed by atoms with Crippen LogP contribution in [0.1, 0.15) is 54.4 Å². The normalized spacial score (nSPS) is 10.9. The number of rotatable bonds is 11. The number of hydrogen-bond acceptors (Lipinski definition) is 3. The second-order valence-electron chi connectivity index (χ2n) is 7.20. The molecule has 0 saturated carbocycles. The Kier molecular flexibility index (Phi) is 7.42. The number of pyridine rings is 1. The molecule has 3 rings (SSSR count). The maximum absolute atomic E-state index is 11.4. The summed E-state index contributed by atoms with van der Waals surface area (Å²) >= 11 is 0. The third-order valence-corrected chi connectivity index (χ3v) is 5.12. The van der Waals surface area contributed by atoms with Gasteiger partial charge in [-0.05, 0) is 43.0 Å². The predicted molar refractivity (Wildman–Crippen MR) is 117 cm³/mol. The van der Waals surface area contributed by atoms with Gasteiger partial charge in [0, 0.05) is 29.4 Å². The second-order valence-corrected chi connectivity index (χ2v) is 7.20. The maximum atomic E-state index is 11.4. The molecule has 28 heavy (non-hydrogen) atoms. The largest absolute Gasteiger partial charge is 0.384 e. The molecule has 4 heteroatoms. The molecule has 146 valence electrons. The van der Waals surface area contributed by atoms with Crippen LogP contribution in [0.25, 0.3) is 10.9 Å². The van der Waals surface area contributed by atoms with Crippen LogP contribution < -0.4 is 11.1 Å². The van der Waals surface area contributed by atoms with Crippen molar-refractivity contribution < 1.29 is 4.79 Å². The van der Waals surface area contributed by atoms with Crippen LogP contribution in [0.3, 0.4) is 0 Å². The quantitative estimate of drug-likeness (QED) is 0.445. The van der Waals surface area contributed by atoms with Crippen LogP contribution in [-0.4, -0.2) is 17.4 Å². The Bertz CT molecular complexity index is 902. The lowest BCUT2D eigenvalue weighted by molar-refractivity contribution is 0.0999. The van der Waals surface area contributed by atoms with Gasteiger partial charge in [-0.15, -0.1) is 0 Å². The summed E-state index contributed by atoms with van der Waals surface area (Å²) in [6.07, 6.45) is 9.96. The lowest BCUT2D eigenvalue weighted by Crippen LogP contribution is -2.13. The molecule has 0 saturated heterocycles. The van der Waals surface area contributed by atoms with E-state index in [1.165, 1.54) is 43.2 Å². The molecule has 0 spiro atoms. The van der Waals surface area contributed by atoms with Gasteiger partial charge >= 0.3 is 0 Å². The molecule has 0 atom stereocenters. The average molecular weight is 376 g/mol. The number of fused-ring (bicyclic) bond motifs is 1. The first-order valence-electron chi connectivity index (χ1n) is 10.2. The number of nitrogens with one attached hydrogen (secondary N) is 1. The van der Waals surface area contributed by atoms with E-state index in [2.05, 4.69) is 22.4 Å². The van der Waals surface area contributed by atoms with Crippen molar-refractivity contribution in [3.8, 4) is 0 Å². The summed E-state index contributed by atoms with van der Waals surface area (Å²) < 4.78 is 0. The van der Waals surface area contributed by atoms with Crippen molar-refractivity contribution in [2.24, 2.45) is 5.73 Å². The van der Waals surface area contributed by atoms with Gasteiger partial charge in [0.05, 0.1) is 5.52 Å². The molecule has 0 bridgehead atoms. The fraction of sp³-hybridized carbons (Fsp3) is 0.333. The van der Waals surface area contributed by atoms with Crippen molar-refractivity contribution >= 4 is 22.5 Å². The molecule has 0 unspecified atom stereocenters. The Morgan fingerprint density at radius 3 is 2.43 bits per heavy atom. The minimum Gasteiger partial charge on any atom is -0.384 e. The van der Waals surface area contributed by atoms with E-state index >= 15 is 0 Å². The minimum atomic E-state index is -0.329. The first-order chi connectivity index (χ1) is 13.8. The number of benzene rings is 2. The Hall–Kier alpha value is -2.88. The van der Waals surface area contributed by atoms with Gasteiger partial charge in [0.15, 0.2) is 0 Å². The molecule has 4 nitrogen and oxygen atoms in total. The Balaban J connectivity index is 1.29. The van der Waals surface area contributed by atoms with Crippen LogP contribution in [0, 0.1) is 0 Å². The summed E-state index contributed by atoms with van der Waals surface area (Å²) in [6.45, 7) is 0.986. The predicted octanol–water partition coefficient (Wildman–Crippen LogP) is 5.33. The molecule has 0 aliphatic heterocycles. The summed E-state index contributed by atoms with van der Waals surface area (Å²) in [5, 5.41) is 4.73. The van der Waals surface area contributed by atoms with E-state index in [9.17, 15) is 4.79 Å². The van der Waals surface area contributed by atoms with E-state index in [4.69, 9.17) is 5.73 Å². The molecule has 0 radical (unpaired) electrons. The molecule has 3 N–H and O–H groups in total. The van der Waals surface area contributed by atoms with Crippen molar-refractivity contribution in [2.75, 3.05) is 11.9 Å². The van der Waals surface area contributed by atoms with Gasteiger partial charge in [-0.1, -0.05) is 62.1 Å². The monoisotopic (exact) mass is 375 g/mol. The molecule has 1 heterocycles. The van der Waals surface area contributed by atoms with E-state index < -0.39 is 0 Å². The highest BCUT2D eigenvalue weighted by molar-refractivity contribution is 5.94. The van der Waals surface area contributed by atoms with Crippen LogP contribution in [0.15, 0.2) is 60.8 Å². The van der Waals surface area contributed by atoms with Crippen LogP contribution in [0.5, 0.6) is 0 Å². The zero-order valence-electron chi connectivity index (χ0n) is 16.4. The van der Waals surface area contributed by atoms with Gasteiger partial charge in [0.25, 0.3) is 0 Å². The highest BCUT2D eigenvalue weighted by Gasteiger charge is 2.06. The lowest BCUT2D eigenvalue weighted by atomic mass is 10.00. The number of carbonyl (C=O) groups is 1. The van der Waals surface area contributed by atoms with Crippen molar-refractivity contribution in [1.82, 2.24) is 4.98 Å². The summed E-state index contributed by atoms with van der Waals surface area (Å²) in [5.41, 5.74) is 9.37. The topological polar surface area (TPSA) is 68.0 Å². The number of unbranched alkanes of at least 4 members (excludes halogenated alkanes) is 5. The van der Waals surface area contributed by atoms with Crippen molar-refractivity contribution in [1.29, 1.82) is 0 Å². The molecule has 0 aliphatic carbocycles. The molecule has 1 amide bonds. The smallest absolute Gasteiger partial charge is 0.248 e. The van der Waals surface area contributed by atoms with Gasteiger partial charge in [0.1, 0.15) is 0 Å². The maximum Gasteiger partial charge on any atom is 0.248 e. The standard InChI is InChI=1S/C24H29N3O/c25-24(28)20-13-7-6-12-19(20)11-5-3-1-2-4-10-17-26-23-16-18-27-22-15-9-8-14-21(22)23/h6-9,12-16,18H,1-5,10-11,17H2,(H2,25,28)(H,26,27). The van der Waals surface area contributed by atoms with Crippen LogP contribution >= 0.6 is 0 Å². The van der Waals surface area contributed by atoms with E-state index in [0.29, 0.717) is 5.56 Å². The molecule has 3 aromatic rings. The minimum absolute atomic E-state index is 0.329. The SMILES string of the molecule is NC(=O)c1ccccc1CCCCCCCCNc1ccnc2ccccc12. The van der Waals surface area contributed by atoms with Gasteiger partial charge in [-0.25, -0.2) is 0 Å². The number of aryl methyl sites for hydroxylation is 1. The fourth-order valence-corrected chi connectivity index (χ4v) is 3.60. The summed E-state index contributed by atoms with van der Waals surface area (Å²) in [6, 6.07) is 17.9. The lowest BCUT2D eigenvalue weighted by Gasteiger charge is -2.09. The first kappa shape index (κ1) is 19.9. The second kappa shape index (κ2) is 10.5.